The van der Waals surface area contributed by atoms with Gasteiger partial charge >= 0.3 is 0 Å². The molecule has 2 atom stereocenters. The molecule has 0 amide bonds. The van der Waals surface area contributed by atoms with E-state index in [0.717, 1.165) is 5.52 Å². The van der Waals surface area contributed by atoms with Crippen LogP contribution in [0.5, 0.6) is 0 Å². The quantitative estimate of drug-likeness (QED) is 0.677. The van der Waals surface area contributed by atoms with Crippen molar-refractivity contribution >= 4 is 22.8 Å². The third kappa shape index (κ3) is 1.23. The standard InChI is InChI=1S/C16H16N2/c1-2-17-16-12-5-3-4-6-13(12)18-15-11-8-7-10(9-11)14(15)16/h2-6,10-11H,7-9H2,1H3. The number of benzene rings is 1. The molecule has 1 aromatic carbocycles. The van der Waals surface area contributed by atoms with Crippen LogP contribution < -0.4 is 0 Å². The normalized spacial score (nSPS) is 25.2. The molecule has 0 spiro atoms. The number of pyridine rings is 1. The summed E-state index contributed by atoms with van der Waals surface area (Å²) in [6.07, 6.45) is 5.85. The molecule has 0 saturated heterocycles. The Kier molecular flexibility index (Phi) is 2.07. The van der Waals surface area contributed by atoms with Gasteiger partial charge < -0.3 is 0 Å². The third-order valence-corrected chi connectivity index (χ3v) is 4.42. The summed E-state index contributed by atoms with van der Waals surface area (Å²) < 4.78 is 0. The number of nitrogens with zero attached hydrogens (tertiary/aromatic N) is 2. The van der Waals surface area contributed by atoms with Crippen LogP contribution in [0.3, 0.4) is 0 Å². The molecule has 2 aliphatic rings. The van der Waals surface area contributed by atoms with Crippen LogP contribution >= 0.6 is 0 Å². The highest BCUT2D eigenvalue weighted by atomic mass is 14.8. The highest BCUT2D eigenvalue weighted by molar-refractivity contribution is 5.94. The fourth-order valence-corrected chi connectivity index (χ4v) is 3.70. The van der Waals surface area contributed by atoms with Gasteiger partial charge in [0, 0.05) is 28.8 Å². The van der Waals surface area contributed by atoms with Crippen molar-refractivity contribution in [2.24, 2.45) is 4.99 Å². The van der Waals surface area contributed by atoms with Crippen LogP contribution in [0.15, 0.2) is 29.3 Å². The van der Waals surface area contributed by atoms with Crippen molar-refractivity contribution in [1.29, 1.82) is 0 Å². The lowest BCUT2D eigenvalue weighted by Gasteiger charge is -2.18. The van der Waals surface area contributed by atoms with Crippen LogP contribution in [0.4, 0.5) is 5.69 Å². The SMILES string of the molecule is CC=Nc1c2c(nc3ccccc13)C1CCC2C1. The first-order chi connectivity index (χ1) is 8.88. The minimum atomic E-state index is 0.695. The fraction of sp³-hybridized carbons (Fsp3) is 0.375. The van der Waals surface area contributed by atoms with Crippen LogP contribution in [0.25, 0.3) is 10.9 Å². The average molecular weight is 236 g/mol. The van der Waals surface area contributed by atoms with E-state index >= 15 is 0 Å². The molecule has 4 rings (SSSR count). The van der Waals surface area contributed by atoms with Gasteiger partial charge in [-0.25, -0.2) is 0 Å². The Morgan fingerprint density at radius 1 is 1.22 bits per heavy atom. The predicted molar refractivity (Wildman–Crippen MR) is 74.9 cm³/mol. The Morgan fingerprint density at radius 2 is 2.06 bits per heavy atom. The van der Waals surface area contributed by atoms with Crippen molar-refractivity contribution in [2.75, 3.05) is 0 Å². The second-order valence-electron chi connectivity index (χ2n) is 5.37. The zero-order chi connectivity index (χ0) is 12.1. The van der Waals surface area contributed by atoms with E-state index in [1.807, 2.05) is 13.1 Å². The minimum Gasteiger partial charge on any atom is -0.260 e. The number of hydrogen-bond acceptors (Lipinski definition) is 2. The molecule has 0 aliphatic heterocycles. The molecule has 90 valence electrons. The Labute approximate surface area is 107 Å². The predicted octanol–water partition coefficient (Wildman–Crippen LogP) is 4.32. The van der Waals surface area contributed by atoms with Crippen molar-refractivity contribution in [3.05, 3.63) is 35.5 Å². The third-order valence-electron chi connectivity index (χ3n) is 4.42. The second-order valence-corrected chi connectivity index (χ2v) is 5.37. The maximum atomic E-state index is 4.91. The Bertz CT molecular complexity index is 657. The van der Waals surface area contributed by atoms with E-state index in [1.165, 1.54) is 41.6 Å². The number of aromatic nitrogens is 1. The first-order valence-electron chi connectivity index (χ1n) is 6.79. The Balaban J connectivity index is 2.12. The molecule has 1 aromatic heterocycles. The van der Waals surface area contributed by atoms with Crippen molar-refractivity contribution in [3.63, 3.8) is 0 Å². The van der Waals surface area contributed by atoms with Crippen LogP contribution in [0.2, 0.25) is 0 Å². The van der Waals surface area contributed by atoms with Crippen molar-refractivity contribution in [1.82, 2.24) is 4.98 Å². The number of aliphatic imine (C=N–C) groups is 1. The molecule has 2 unspecified atom stereocenters. The van der Waals surface area contributed by atoms with Gasteiger partial charge in [0.25, 0.3) is 0 Å². The van der Waals surface area contributed by atoms with Crippen LogP contribution in [-0.2, 0) is 0 Å². The molecule has 2 heteroatoms. The topological polar surface area (TPSA) is 25.2 Å². The van der Waals surface area contributed by atoms with E-state index in [2.05, 4.69) is 29.3 Å². The highest BCUT2D eigenvalue weighted by Gasteiger charge is 2.40. The summed E-state index contributed by atoms with van der Waals surface area (Å²) in [7, 11) is 0. The van der Waals surface area contributed by atoms with Crippen LogP contribution in [0, 0.1) is 0 Å². The summed E-state index contributed by atoms with van der Waals surface area (Å²) in [4.78, 5) is 9.57. The highest BCUT2D eigenvalue weighted by Crippen LogP contribution is 2.56. The van der Waals surface area contributed by atoms with Gasteiger partial charge in [-0.1, -0.05) is 18.2 Å². The number of para-hydroxylation sites is 1. The molecule has 2 aliphatic carbocycles. The molecular formula is C16H16N2. The molecule has 0 N–H and O–H groups in total. The first-order valence-corrected chi connectivity index (χ1v) is 6.79. The summed E-state index contributed by atoms with van der Waals surface area (Å²) in [5.74, 6) is 1.40. The average Bonchev–Trinajstić information content (AvgIpc) is 3.00. The fourth-order valence-electron chi connectivity index (χ4n) is 3.70. The van der Waals surface area contributed by atoms with Crippen LogP contribution in [0.1, 0.15) is 49.3 Å². The van der Waals surface area contributed by atoms with Gasteiger partial charge in [-0.3, -0.25) is 9.98 Å². The smallest absolute Gasteiger partial charge is 0.0772 e. The summed E-state index contributed by atoms with van der Waals surface area (Å²) in [6, 6.07) is 8.40. The summed E-state index contributed by atoms with van der Waals surface area (Å²) in [6.45, 7) is 1.99. The van der Waals surface area contributed by atoms with E-state index in [4.69, 9.17) is 4.98 Å². The Morgan fingerprint density at radius 3 is 2.94 bits per heavy atom. The van der Waals surface area contributed by atoms with E-state index < -0.39 is 0 Å². The van der Waals surface area contributed by atoms with Gasteiger partial charge in [0.1, 0.15) is 0 Å². The molecule has 2 nitrogen and oxygen atoms in total. The first kappa shape index (κ1) is 10.2. The maximum Gasteiger partial charge on any atom is 0.0772 e. The van der Waals surface area contributed by atoms with Crippen LogP contribution in [-0.4, -0.2) is 11.2 Å². The largest absolute Gasteiger partial charge is 0.260 e. The van der Waals surface area contributed by atoms with Gasteiger partial charge in [0.05, 0.1) is 11.2 Å². The molecule has 2 bridgehead atoms. The number of rotatable bonds is 1. The van der Waals surface area contributed by atoms with E-state index in [0.29, 0.717) is 11.8 Å². The summed E-state index contributed by atoms with van der Waals surface area (Å²) in [5, 5.41) is 1.21. The molecular weight excluding hydrogens is 220 g/mol. The van der Waals surface area contributed by atoms with Gasteiger partial charge in [0.2, 0.25) is 0 Å². The minimum absolute atomic E-state index is 0.695. The molecule has 0 radical (unpaired) electrons. The van der Waals surface area contributed by atoms with Crippen molar-refractivity contribution < 1.29 is 0 Å². The zero-order valence-electron chi connectivity index (χ0n) is 10.6. The summed E-state index contributed by atoms with van der Waals surface area (Å²) >= 11 is 0. The van der Waals surface area contributed by atoms with Gasteiger partial charge in [-0.2, -0.15) is 0 Å². The Hall–Kier alpha value is -1.70. The van der Waals surface area contributed by atoms with Gasteiger partial charge in [-0.15, -0.1) is 0 Å². The molecule has 1 saturated carbocycles. The number of fused-ring (bicyclic) bond motifs is 6. The lowest BCUT2D eigenvalue weighted by atomic mass is 9.92. The van der Waals surface area contributed by atoms with E-state index in [-0.39, 0.29) is 0 Å². The van der Waals surface area contributed by atoms with E-state index in [1.54, 1.807) is 0 Å². The molecule has 2 aromatic rings. The second kappa shape index (κ2) is 3.64. The van der Waals surface area contributed by atoms with Crippen molar-refractivity contribution in [2.45, 2.75) is 38.0 Å². The zero-order valence-corrected chi connectivity index (χ0v) is 10.6. The van der Waals surface area contributed by atoms with Crippen molar-refractivity contribution in [3.8, 4) is 0 Å². The molecule has 18 heavy (non-hydrogen) atoms. The molecule has 1 heterocycles. The van der Waals surface area contributed by atoms with E-state index in [9.17, 15) is 0 Å². The number of hydrogen-bond donors (Lipinski definition) is 0. The lowest BCUT2D eigenvalue weighted by molar-refractivity contribution is 0.701. The summed E-state index contributed by atoms with van der Waals surface area (Å²) in [5.41, 5.74) is 5.07. The lowest BCUT2D eigenvalue weighted by Crippen LogP contribution is -2.02. The monoisotopic (exact) mass is 236 g/mol. The van der Waals surface area contributed by atoms with Gasteiger partial charge in [-0.05, 0) is 38.2 Å². The maximum absolute atomic E-state index is 4.91. The molecule has 1 fully saturated rings. The van der Waals surface area contributed by atoms with Gasteiger partial charge in [0.15, 0.2) is 0 Å².